The molecule has 0 spiro atoms. The lowest BCUT2D eigenvalue weighted by atomic mass is 10.0. The number of hydrogen-bond donors (Lipinski definition) is 1. The summed E-state index contributed by atoms with van der Waals surface area (Å²) < 4.78 is 7.43. The molecular weight excluding hydrogens is 350 g/mol. The SMILES string of the molecule is CNC(Cc1cn(C)cn1)c1nc(Cc2ccc(-c3ccccc3)cc2)no1. The molecule has 2 heterocycles. The maximum atomic E-state index is 5.50. The van der Waals surface area contributed by atoms with Gasteiger partial charge >= 0.3 is 0 Å². The Balaban J connectivity index is 1.44. The van der Waals surface area contributed by atoms with Crippen LogP contribution in [0, 0.1) is 0 Å². The van der Waals surface area contributed by atoms with Gasteiger partial charge in [0.2, 0.25) is 5.89 Å². The van der Waals surface area contributed by atoms with E-state index in [9.17, 15) is 0 Å². The van der Waals surface area contributed by atoms with E-state index in [4.69, 9.17) is 4.52 Å². The summed E-state index contributed by atoms with van der Waals surface area (Å²) in [5, 5.41) is 7.39. The Kier molecular flexibility index (Phi) is 5.30. The Morgan fingerprint density at radius 3 is 2.46 bits per heavy atom. The first kappa shape index (κ1) is 18.1. The molecule has 6 nitrogen and oxygen atoms in total. The third-order valence-electron chi connectivity index (χ3n) is 4.73. The fourth-order valence-electron chi connectivity index (χ4n) is 3.20. The highest BCUT2D eigenvalue weighted by molar-refractivity contribution is 5.63. The molecule has 1 atom stereocenters. The summed E-state index contributed by atoms with van der Waals surface area (Å²) in [6.45, 7) is 0. The van der Waals surface area contributed by atoms with Crippen LogP contribution in [0.2, 0.25) is 0 Å². The molecule has 4 aromatic rings. The van der Waals surface area contributed by atoms with Crippen LogP contribution in [0.15, 0.2) is 71.6 Å². The van der Waals surface area contributed by atoms with Crippen LogP contribution in [0.5, 0.6) is 0 Å². The van der Waals surface area contributed by atoms with E-state index < -0.39 is 0 Å². The Morgan fingerprint density at radius 2 is 1.79 bits per heavy atom. The Morgan fingerprint density at radius 1 is 1.04 bits per heavy atom. The van der Waals surface area contributed by atoms with E-state index in [1.807, 2.05) is 43.1 Å². The highest BCUT2D eigenvalue weighted by Gasteiger charge is 2.19. The van der Waals surface area contributed by atoms with Crippen molar-refractivity contribution in [2.75, 3.05) is 7.05 Å². The van der Waals surface area contributed by atoms with E-state index in [0.717, 1.165) is 11.3 Å². The number of hydrogen-bond acceptors (Lipinski definition) is 5. The average molecular weight is 373 g/mol. The summed E-state index contributed by atoms with van der Waals surface area (Å²) in [6, 6.07) is 18.8. The van der Waals surface area contributed by atoms with Crippen molar-refractivity contribution in [2.24, 2.45) is 7.05 Å². The topological polar surface area (TPSA) is 68.8 Å². The van der Waals surface area contributed by atoms with E-state index in [2.05, 4.69) is 56.8 Å². The molecule has 1 unspecified atom stereocenters. The van der Waals surface area contributed by atoms with E-state index in [0.29, 0.717) is 24.6 Å². The van der Waals surface area contributed by atoms with Gasteiger partial charge in [0.05, 0.1) is 18.1 Å². The van der Waals surface area contributed by atoms with E-state index >= 15 is 0 Å². The largest absolute Gasteiger partial charge is 0.340 e. The molecule has 0 saturated heterocycles. The first-order valence-electron chi connectivity index (χ1n) is 9.32. The number of rotatable bonds is 7. The third-order valence-corrected chi connectivity index (χ3v) is 4.73. The quantitative estimate of drug-likeness (QED) is 0.536. The van der Waals surface area contributed by atoms with Gasteiger partial charge in [0.15, 0.2) is 5.82 Å². The van der Waals surface area contributed by atoms with Crippen LogP contribution < -0.4 is 5.32 Å². The minimum absolute atomic E-state index is 0.0587. The van der Waals surface area contributed by atoms with Gasteiger partial charge in [-0.25, -0.2) is 4.98 Å². The molecule has 0 fully saturated rings. The third kappa shape index (κ3) is 4.18. The molecule has 0 saturated carbocycles. The second-order valence-corrected chi connectivity index (χ2v) is 6.86. The van der Waals surface area contributed by atoms with Crippen molar-refractivity contribution in [1.29, 1.82) is 0 Å². The second kappa shape index (κ2) is 8.19. The standard InChI is InChI=1S/C22H23N5O/c1-23-20(13-19-14-27(2)15-24-19)22-25-21(26-28-22)12-16-8-10-18(11-9-16)17-6-4-3-5-7-17/h3-11,14-15,20,23H,12-13H2,1-2H3. The molecule has 4 rings (SSSR count). The van der Waals surface area contributed by atoms with E-state index in [-0.39, 0.29) is 6.04 Å². The number of aryl methyl sites for hydroxylation is 1. The minimum Gasteiger partial charge on any atom is -0.340 e. The number of nitrogens with one attached hydrogen (secondary N) is 1. The van der Waals surface area contributed by atoms with Gasteiger partial charge in [-0.05, 0) is 23.7 Å². The predicted molar refractivity (Wildman–Crippen MR) is 108 cm³/mol. The second-order valence-electron chi connectivity index (χ2n) is 6.86. The zero-order chi connectivity index (χ0) is 19.3. The summed E-state index contributed by atoms with van der Waals surface area (Å²) in [4.78, 5) is 8.96. The molecule has 28 heavy (non-hydrogen) atoms. The number of likely N-dealkylation sites (N-methyl/N-ethyl adjacent to an activating group) is 1. The lowest BCUT2D eigenvalue weighted by molar-refractivity contribution is 0.333. The Bertz CT molecular complexity index is 1020. The first-order chi connectivity index (χ1) is 13.7. The molecule has 0 radical (unpaired) electrons. The fraction of sp³-hybridized carbons (Fsp3) is 0.227. The van der Waals surface area contributed by atoms with Crippen molar-refractivity contribution in [3.05, 3.63) is 90.1 Å². The molecule has 0 aliphatic rings. The van der Waals surface area contributed by atoms with Gasteiger partial charge < -0.3 is 14.4 Å². The maximum absolute atomic E-state index is 5.50. The number of aromatic nitrogens is 4. The summed E-state index contributed by atoms with van der Waals surface area (Å²) in [5.41, 5.74) is 4.54. The van der Waals surface area contributed by atoms with E-state index in [1.165, 1.54) is 11.1 Å². The van der Waals surface area contributed by atoms with Crippen molar-refractivity contribution < 1.29 is 4.52 Å². The van der Waals surface area contributed by atoms with Gasteiger partial charge in [-0.3, -0.25) is 0 Å². The minimum atomic E-state index is -0.0587. The van der Waals surface area contributed by atoms with Gasteiger partial charge in [0.1, 0.15) is 0 Å². The number of imidazole rings is 1. The lowest BCUT2D eigenvalue weighted by Gasteiger charge is -2.09. The van der Waals surface area contributed by atoms with Gasteiger partial charge in [-0.1, -0.05) is 59.8 Å². The molecule has 0 amide bonds. The van der Waals surface area contributed by atoms with Crippen LogP contribution in [0.1, 0.15) is 29.0 Å². The average Bonchev–Trinajstić information content (AvgIpc) is 3.36. The van der Waals surface area contributed by atoms with Crippen LogP contribution in [0.25, 0.3) is 11.1 Å². The van der Waals surface area contributed by atoms with Crippen molar-refractivity contribution in [2.45, 2.75) is 18.9 Å². The van der Waals surface area contributed by atoms with Gasteiger partial charge in [0, 0.05) is 26.1 Å². The molecular formula is C22H23N5O. The van der Waals surface area contributed by atoms with E-state index in [1.54, 1.807) is 6.33 Å². The molecule has 6 heteroatoms. The monoisotopic (exact) mass is 373 g/mol. The highest BCUT2D eigenvalue weighted by atomic mass is 16.5. The van der Waals surface area contributed by atoms with Crippen molar-refractivity contribution in [3.8, 4) is 11.1 Å². The maximum Gasteiger partial charge on any atom is 0.244 e. The summed E-state index contributed by atoms with van der Waals surface area (Å²) in [6.07, 6.45) is 5.12. The van der Waals surface area contributed by atoms with Crippen LogP contribution >= 0.6 is 0 Å². The zero-order valence-electron chi connectivity index (χ0n) is 16.0. The lowest BCUT2D eigenvalue weighted by Crippen LogP contribution is -2.19. The van der Waals surface area contributed by atoms with Gasteiger partial charge in [-0.15, -0.1) is 0 Å². The van der Waals surface area contributed by atoms with Gasteiger partial charge in [0.25, 0.3) is 0 Å². The summed E-state index contributed by atoms with van der Waals surface area (Å²) in [5.74, 6) is 1.27. The van der Waals surface area contributed by atoms with Gasteiger partial charge in [-0.2, -0.15) is 4.98 Å². The van der Waals surface area contributed by atoms with Crippen LogP contribution in [-0.2, 0) is 19.9 Å². The number of nitrogens with zero attached hydrogens (tertiary/aromatic N) is 4. The highest BCUT2D eigenvalue weighted by Crippen LogP contribution is 2.21. The van der Waals surface area contributed by atoms with Crippen molar-refractivity contribution in [3.63, 3.8) is 0 Å². The van der Waals surface area contributed by atoms with Crippen LogP contribution in [0.4, 0.5) is 0 Å². The Labute approximate surface area is 164 Å². The predicted octanol–water partition coefficient (Wildman–Crippen LogP) is 3.56. The molecule has 1 N–H and O–H groups in total. The summed E-state index contributed by atoms with van der Waals surface area (Å²) >= 11 is 0. The molecule has 0 aliphatic carbocycles. The van der Waals surface area contributed by atoms with Crippen molar-refractivity contribution in [1.82, 2.24) is 25.0 Å². The zero-order valence-corrected chi connectivity index (χ0v) is 16.0. The molecule has 0 bridgehead atoms. The van der Waals surface area contributed by atoms with Crippen LogP contribution in [0.3, 0.4) is 0 Å². The first-order valence-corrected chi connectivity index (χ1v) is 9.32. The molecule has 142 valence electrons. The molecule has 2 aromatic carbocycles. The van der Waals surface area contributed by atoms with Crippen LogP contribution in [-0.4, -0.2) is 26.7 Å². The molecule has 0 aliphatic heterocycles. The fourth-order valence-corrected chi connectivity index (χ4v) is 3.20. The Hall–Kier alpha value is -3.25. The molecule has 2 aromatic heterocycles. The summed E-state index contributed by atoms with van der Waals surface area (Å²) in [7, 11) is 3.85. The number of benzene rings is 2. The smallest absolute Gasteiger partial charge is 0.244 e. The normalized spacial score (nSPS) is 12.2. The van der Waals surface area contributed by atoms with Crippen molar-refractivity contribution >= 4 is 0 Å².